The van der Waals surface area contributed by atoms with Gasteiger partial charge in [0.15, 0.2) is 6.29 Å². The van der Waals surface area contributed by atoms with Crippen molar-refractivity contribution in [2.75, 3.05) is 26.4 Å². The number of hydrogen-bond acceptors (Lipinski definition) is 11. The van der Waals surface area contributed by atoms with Gasteiger partial charge < -0.3 is 54.7 Å². The molecule has 0 aromatic carbocycles. The van der Waals surface area contributed by atoms with E-state index in [0.29, 0.717) is 6.61 Å². The maximum Gasteiger partial charge on any atom is 0.224 e. The van der Waals surface area contributed by atoms with E-state index in [9.17, 15) is 35.7 Å². The van der Waals surface area contributed by atoms with Crippen molar-refractivity contribution in [2.45, 2.75) is 81.0 Å². The fraction of sp³-hybridized carbons (Fsp3) is 1.00. The molecule has 0 amide bonds. The highest BCUT2D eigenvalue weighted by atomic mass is 16.8. The Hall–Kier alpha value is -0.440. The summed E-state index contributed by atoms with van der Waals surface area (Å²) in [5, 5.41) is 69.4. The Balaban J connectivity index is 2.04. The number of hydrogen-bond donors (Lipinski definition) is 7. The fourth-order valence-corrected chi connectivity index (χ4v) is 3.27. The summed E-state index contributed by atoms with van der Waals surface area (Å²) in [5.41, 5.74) is 0. The van der Waals surface area contributed by atoms with E-state index in [1.54, 1.807) is 0 Å². The van der Waals surface area contributed by atoms with Gasteiger partial charge in [0.25, 0.3) is 0 Å². The summed E-state index contributed by atoms with van der Waals surface area (Å²) in [4.78, 5) is 0. The second-order valence-electron chi connectivity index (χ2n) is 7.16. The topological polar surface area (TPSA) is 179 Å². The molecule has 9 atom stereocenters. The van der Waals surface area contributed by atoms with Crippen LogP contribution in [-0.2, 0) is 18.9 Å². The van der Waals surface area contributed by atoms with Gasteiger partial charge in [0, 0.05) is 6.61 Å². The first-order valence-electron chi connectivity index (χ1n) is 9.52. The second-order valence-corrected chi connectivity index (χ2v) is 7.16. The molecule has 11 nitrogen and oxygen atoms in total. The SMILES string of the molecule is CCCCCOC[C@H]1O[C@H](O[C@]2(CO)O[C@H](CO)[C@@H](O)[C@@H]2O)[C@H](O)[C@@H](O)[C@@H]1O. The van der Waals surface area contributed by atoms with Gasteiger partial charge in [-0.15, -0.1) is 0 Å². The Morgan fingerprint density at radius 1 is 0.893 bits per heavy atom. The van der Waals surface area contributed by atoms with E-state index >= 15 is 0 Å². The third-order valence-corrected chi connectivity index (χ3v) is 5.06. The largest absolute Gasteiger partial charge is 0.394 e. The van der Waals surface area contributed by atoms with Gasteiger partial charge in [-0.2, -0.15) is 0 Å². The first kappa shape index (κ1) is 23.8. The Bertz CT molecular complexity index is 466. The van der Waals surface area contributed by atoms with Gasteiger partial charge in [0.1, 0.15) is 49.3 Å². The van der Waals surface area contributed by atoms with E-state index in [1.165, 1.54) is 0 Å². The molecule has 0 aromatic rings. The van der Waals surface area contributed by atoms with Crippen molar-refractivity contribution >= 4 is 0 Å². The first-order chi connectivity index (χ1) is 13.3. The minimum absolute atomic E-state index is 0.0774. The minimum atomic E-state index is -2.19. The Morgan fingerprint density at radius 3 is 2.18 bits per heavy atom. The molecule has 166 valence electrons. The lowest BCUT2D eigenvalue weighted by Gasteiger charge is -2.43. The van der Waals surface area contributed by atoms with Crippen molar-refractivity contribution in [3.05, 3.63) is 0 Å². The van der Waals surface area contributed by atoms with Gasteiger partial charge in [0.2, 0.25) is 5.79 Å². The molecule has 2 heterocycles. The Morgan fingerprint density at radius 2 is 1.61 bits per heavy atom. The Labute approximate surface area is 163 Å². The lowest BCUT2D eigenvalue weighted by molar-refractivity contribution is -0.384. The van der Waals surface area contributed by atoms with E-state index in [2.05, 4.69) is 0 Å². The molecule has 0 saturated carbocycles. The van der Waals surface area contributed by atoms with E-state index < -0.39 is 68.0 Å². The third kappa shape index (κ3) is 4.99. The summed E-state index contributed by atoms with van der Waals surface area (Å²) in [6, 6.07) is 0. The summed E-state index contributed by atoms with van der Waals surface area (Å²) in [6.45, 7) is 0.823. The summed E-state index contributed by atoms with van der Waals surface area (Å²) in [7, 11) is 0. The van der Waals surface area contributed by atoms with Crippen LogP contribution in [-0.4, -0.2) is 117 Å². The van der Waals surface area contributed by atoms with E-state index in [1.807, 2.05) is 6.92 Å². The highest BCUT2D eigenvalue weighted by Gasteiger charge is 2.58. The van der Waals surface area contributed by atoms with Crippen molar-refractivity contribution < 1.29 is 54.7 Å². The van der Waals surface area contributed by atoms with Crippen LogP contribution >= 0.6 is 0 Å². The average Bonchev–Trinajstić information content (AvgIpc) is 2.94. The maximum atomic E-state index is 10.2. The molecule has 0 radical (unpaired) electrons. The highest BCUT2D eigenvalue weighted by Crippen LogP contribution is 2.35. The smallest absolute Gasteiger partial charge is 0.224 e. The highest BCUT2D eigenvalue weighted by molar-refractivity contribution is 4.98. The molecular formula is C17H32O11. The zero-order valence-electron chi connectivity index (χ0n) is 15.8. The molecule has 0 bridgehead atoms. The van der Waals surface area contributed by atoms with Gasteiger partial charge in [-0.25, -0.2) is 0 Å². The first-order valence-corrected chi connectivity index (χ1v) is 9.52. The zero-order valence-corrected chi connectivity index (χ0v) is 15.8. The van der Waals surface area contributed by atoms with Crippen LogP contribution in [0.25, 0.3) is 0 Å². The predicted molar refractivity (Wildman–Crippen MR) is 91.9 cm³/mol. The van der Waals surface area contributed by atoms with Crippen molar-refractivity contribution in [1.82, 2.24) is 0 Å². The van der Waals surface area contributed by atoms with E-state index in [-0.39, 0.29) is 6.61 Å². The van der Waals surface area contributed by atoms with Crippen LogP contribution in [0.15, 0.2) is 0 Å². The number of aliphatic hydroxyl groups excluding tert-OH is 7. The van der Waals surface area contributed by atoms with Crippen LogP contribution < -0.4 is 0 Å². The number of ether oxygens (including phenoxy) is 4. The van der Waals surface area contributed by atoms with Crippen molar-refractivity contribution in [1.29, 1.82) is 0 Å². The molecule has 0 spiro atoms. The lowest BCUT2D eigenvalue weighted by Crippen LogP contribution is -2.62. The molecule has 2 rings (SSSR count). The molecule has 0 aromatic heterocycles. The summed E-state index contributed by atoms with van der Waals surface area (Å²) in [5.74, 6) is -2.19. The molecule has 0 aliphatic carbocycles. The second kappa shape index (κ2) is 10.5. The molecule has 28 heavy (non-hydrogen) atoms. The third-order valence-electron chi connectivity index (χ3n) is 5.06. The Kier molecular flexibility index (Phi) is 8.98. The van der Waals surface area contributed by atoms with Gasteiger partial charge in [0.05, 0.1) is 13.2 Å². The molecule has 2 saturated heterocycles. The van der Waals surface area contributed by atoms with Crippen LogP contribution in [0.2, 0.25) is 0 Å². The van der Waals surface area contributed by atoms with E-state index in [4.69, 9.17) is 18.9 Å². The van der Waals surface area contributed by atoms with Crippen LogP contribution in [0.3, 0.4) is 0 Å². The standard InChI is InChI=1S/C17H32O11/c1-2-3-4-5-25-7-10-11(20)13(22)14(23)16(26-10)28-17(8-19)15(24)12(21)9(6-18)27-17/h9-16,18-24H,2-8H2,1H3/t9-,10-,11-,12-,13+,14-,15+,16-,17+/m1/s1. The molecule has 2 aliphatic heterocycles. The predicted octanol–water partition coefficient (Wildman–Crippen LogP) is -3.18. The summed E-state index contributed by atoms with van der Waals surface area (Å²) < 4.78 is 21.6. The summed E-state index contributed by atoms with van der Waals surface area (Å²) in [6.07, 6.45) is -9.18. The molecule has 2 aliphatic rings. The molecular weight excluding hydrogens is 380 g/mol. The van der Waals surface area contributed by atoms with Crippen LogP contribution in [0, 0.1) is 0 Å². The number of rotatable bonds is 10. The van der Waals surface area contributed by atoms with Gasteiger partial charge in [-0.1, -0.05) is 19.8 Å². The van der Waals surface area contributed by atoms with Crippen molar-refractivity contribution in [3.8, 4) is 0 Å². The number of aliphatic hydroxyl groups is 7. The number of unbranched alkanes of at least 4 members (excludes halogenated alkanes) is 2. The minimum Gasteiger partial charge on any atom is -0.394 e. The fourth-order valence-electron chi connectivity index (χ4n) is 3.27. The van der Waals surface area contributed by atoms with Gasteiger partial charge >= 0.3 is 0 Å². The lowest BCUT2D eigenvalue weighted by atomic mass is 9.99. The van der Waals surface area contributed by atoms with Gasteiger partial charge in [-0.05, 0) is 6.42 Å². The van der Waals surface area contributed by atoms with Crippen molar-refractivity contribution in [3.63, 3.8) is 0 Å². The zero-order chi connectivity index (χ0) is 20.9. The average molecular weight is 412 g/mol. The van der Waals surface area contributed by atoms with E-state index in [0.717, 1.165) is 19.3 Å². The normalized spacial score (nSPS) is 44.1. The summed E-state index contributed by atoms with van der Waals surface area (Å²) >= 11 is 0. The molecule has 7 N–H and O–H groups in total. The van der Waals surface area contributed by atoms with Crippen molar-refractivity contribution in [2.24, 2.45) is 0 Å². The monoisotopic (exact) mass is 412 g/mol. The van der Waals surface area contributed by atoms with Crippen LogP contribution in [0.1, 0.15) is 26.2 Å². The quantitative estimate of drug-likeness (QED) is 0.180. The molecule has 2 fully saturated rings. The molecule has 0 unspecified atom stereocenters. The van der Waals surface area contributed by atoms with Crippen LogP contribution in [0.5, 0.6) is 0 Å². The van der Waals surface area contributed by atoms with Gasteiger partial charge in [-0.3, -0.25) is 0 Å². The van der Waals surface area contributed by atoms with Crippen LogP contribution in [0.4, 0.5) is 0 Å². The maximum absolute atomic E-state index is 10.2. The molecule has 11 heteroatoms.